The van der Waals surface area contributed by atoms with Crippen LogP contribution in [0, 0.1) is 0 Å². The summed E-state index contributed by atoms with van der Waals surface area (Å²) in [5.74, 6) is -0.336. The molecule has 0 unspecified atom stereocenters. The number of fused-ring (bicyclic) bond motifs is 1. The van der Waals surface area contributed by atoms with Crippen LogP contribution >= 0.6 is 22.9 Å². The number of amides is 1. The maximum atomic E-state index is 13.2. The Balaban J connectivity index is 1.41. The fraction of sp³-hybridized carbons (Fsp3) is 0.360. The number of hydrogen-bond acceptors (Lipinski definition) is 9. The summed E-state index contributed by atoms with van der Waals surface area (Å²) in [6.07, 6.45) is 4.56. The van der Waals surface area contributed by atoms with Crippen molar-refractivity contribution in [2.24, 2.45) is 7.05 Å². The van der Waals surface area contributed by atoms with Crippen molar-refractivity contribution >= 4 is 61.1 Å². The smallest absolute Gasteiger partial charge is 0.275 e. The number of ether oxygens (including phenoxy) is 1. The topological polar surface area (TPSA) is 131 Å². The lowest BCUT2D eigenvalue weighted by molar-refractivity contribution is -0.0705. The first kappa shape index (κ1) is 27.5. The molecule has 0 saturated carbocycles. The standard InChI is InChI=1S/C25H28ClN7O4S2/c1-14-10-33(11-15(2)37-14)12-23-29-21(13-38-23)25(34)30-19-5-16(7-22-18(19)9-28-32(22)3)17-6-20(24(26)27-8-17)31-39(4,35)36/h5-9,13-15,31H,10-12H2,1-4H3,(H,30,34)/t14-,15+. The summed E-state index contributed by atoms with van der Waals surface area (Å²) in [5.41, 5.74) is 3.10. The summed E-state index contributed by atoms with van der Waals surface area (Å²) >= 11 is 7.57. The molecule has 1 fully saturated rings. The maximum absolute atomic E-state index is 13.2. The third-order valence-corrected chi connectivity index (χ3v) is 7.95. The van der Waals surface area contributed by atoms with Gasteiger partial charge in [0.15, 0.2) is 5.15 Å². The number of hydrogen-bond donors (Lipinski definition) is 2. The van der Waals surface area contributed by atoms with Gasteiger partial charge in [0.2, 0.25) is 10.0 Å². The minimum Gasteiger partial charge on any atom is -0.373 e. The SMILES string of the molecule is C[C@@H]1CN(Cc2nc(C(=O)Nc3cc(-c4cnc(Cl)c(NS(C)(=O)=O)c4)cc4c3cnn4C)cs2)C[C@H](C)O1. The van der Waals surface area contributed by atoms with Gasteiger partial charge in [-0.05, 0) is 37.6 Å². The van der Waals surface area contributed by atoms with Gasteiger partial charge in [-0.25, -0.2) is 18.4 Å². The largest absolute Gasteiger partial charge is 0.373 e. The van der Waals surface area contributed by atoms with Gasteiger partial charge in [-0.1, -0.05) is 11.6 Å². The highest BCUT2D eigenvalue weighted by atomic mass is 35.5. The van der Waals surface area contributed by atoms with Crippen LogP contribution in [0.3, 0.4) is 0 Å². The molecule has 5 rings (SSSR count). The van der Waals surface area contributed by atoms with Crippen molar-refractivity contribution in [2.75, 3.05) is 29.4 Å². The molecule has 1 aliphatic rings. The zero-order valence-electron chi connectivity index (χ0n) is 21.8. The molecule has 206 valence electrons. The van der Waals surface area contributed by atoms with Gasteiger partial charge in [-0.3, -0.25) is 19.1 Å². The molecular formula is C25H28ClN7O4S2. The fourth-order valence-corrected chi connectivity index (χ4v) is 6.25. The van der Waals surface area contributed by atoms with Crippen LogP contribution in [0.15, 0.2) is 36.0 Å². The molecule has 4 heterocycles. The van der Waals surface area contributed by atoms with Gasteiger partial charge >= 0.3 is 0 Å². The Bertz CT molecular complexity index is 1640. The number of morpholine rings is 1. The van der Waals surface area contributed by atoms with Crippen molar-refractivity contribution in [1.82, 2.24) is 24.6 Å². The molecule has 1 amide bonds. The van der Waals surface area contributed by atoms with Crippen molar-refractivity contribution in [2.45, 2.75) is 32.6 Å². The van der Waals surface area contributed by atoms with Crippen molar-refractivity contribution in [3.05, 3.63) is 51.8 Å². The van der Waals surface area contributed by atoms with Gasteiger partial charge in [0.1, 0.15) is 10.7 Å². The Kier molecular flexibility index (Phi) is 7.62. The average Bonchev–Trinajstić information content (AvgIpc) is 3.46. The van der Waals surface area contributed by atoms with E-state index >= 15 is 0 Å². The predicted molar refractivity (Wildman–Crippen MR) is 153 cm³/mol. The van der Waals surface area contributed by atoms with Gasteiger partial charge in [0, 0.05) is 42.7 Å². The molecule has 1 saturated heterocycles. The maximum Gasteiger partial charge on any atom is 0.275 e. The highest BCUT2D eigenvalue weighted by molar-refractivity contribution is 7.92. The molecule has 14 heteroatoms. The van der Waals surface area contributed by atoms with Gasteiger partial charge < -0.3 is 10.1 Å². The van der Waals surface area contributed by atoms with Crippen LogP contribution in [0.25, 0.3) is 22.0 Å². The van der Waals surface area contributed by atoms with E-state index in [4.69, 9.17) is 16.3 Å². The molecule has 3 aromatic heterocycles. The van der Waals surface area contributed by atoms with E-state index in [1.165, 1.54) is 11.3 Å². The first-order chi connectivity index (χ1) is 18.4. The number of thiazole rings is 1. The summed E-state index contributed by atoms with van der Waals surface area (Å²) in [6.45, 7) is 6.40. The highest BCUT2D eigenvalue weighted by Crippen LogP contribution is 2.33. The number of carbonyl (C=O) groups is 1. The minimum atomic E-state index is -3.56. The number of rotatable bonds is 7. The lowest BCUT2D eigenvalue weighted by atomic mass is 10.0. The van der Waals surface area contributed by atoms with E-state index < -0.39 is 10.0 Å². The Hall–Kier alpha value is -3.10. The van der Waals surface area contributed by atoms with E-state index in [1.807, 2.05) is 6.07 Å². The lowest BCUT2D eigenvalue weighted by Crippen LogP contribution is -2.44. The second kappa shape index (κ2) is 10.8. The zero-order chi connectivity index (χ0) is 27.9. The van der Waals surface area contributed by atoms with E-state index in [1.54, 1.807) is 41.6 Å². The van der Waals surface area contributed by atoms with Crippen LogP contribution < -0.4 is 10.0 Å². The van der Waals surface area contributed by atoms with Crippen molar-refractivity contribution < 1.29 is 17.9 Å². The number of anilines is 2. The Labute approximate surface area is 235 Å². The van der Waals surface area contributed by atoms with Crippen LogP contribution in [-0.2, 0) is 28.4 Å². The Morgan fingerprint density at radius 1 is 1.15 bits per heavy atom. The Morgan fingerprint density at radius 2 is 1.87 bits per heavy atom. The van der Waals surface area contributed by atoms with Crippen LogP contribution in [0.2, 0.25) is 5.15 Å². The summed E-state index contributed by atoms with van der Waals surface area (Å²) in [5, 5.41) is 10.7. The number of nitrogens with zero attached hydrogens (tertiary/aromatic N) is 5. The summed E-state index contributed by atoms with van der Waals surface area (Å²) in [4.78, 5) is 24.3. The minimum absolute atomic E-state index is 0.0274. The monoisotopic (exact) mass is 589 g/mol. The van der Waals surface area contributed by atoms with E-state index in [0.29, 0.717) is 29.1 Å². The molecule has 0 radical (unpaired) electrons. The van der Waals surface area contributed by atoms with E-state index in [0.717, 1.165) is 35.3 Å². The third kappa shape index (κ3) is 6.39. The van der Waals surface area contributed by atoms with Gasteiger partial charge in [0.05, 0.1) is 48.1 Å². The highest BCUT2D eigenvalue weighted by Gasteiger charge is 2.23. The molecule has 1 aromatic carbocycles. The molecule has 0 spiro atoms. The number of sulfonamides is 1. The average molecular weight is 590 g/mol. The van der Waals surface area contributed by atoms with Gasteiger partial charge in [-0.2, -0.15) is 5.10 Å². The Morgan fingerprint density at radius 3 is 2.59 bits per heavy atom. The van der Waals surface area contributed by atoms with E-state index in [9.17, 15) is 13.2 Å². The fourth-order valence-electron chi connectivity index (χ4n) is 4.67. The molecule has 39 heavy (non-hydrogen) atoms. The van der Waals surface area contributed by atoms with Crippen molar-refractivity contribution in [3.8, 4) is 11.1 Å². The number of nitrogens with one attached hydrogen (secondary N) is 2. The number of pyridine rings is 1. The van der Waals surface area contributed by atoms with Crippen LogP contribution in [0.4, 0.5) is 11.4 Å². The van der Waals surface area contributed by atoms with Crippen molar-refractivity contribution in [1.29, 1.82) is 0 Å². The normalized spacial score (nSPS) is 18.4. The second-order valence-corrected chi connectivity index (χ2v) is 12.7. The molecular weight excluding hydrogens is 562 g/mol. The van der Waals surface area contributed by atoms with Crippen LogP contribution in [0.1, 0.15) is 29.3 Å². The first-order valence-corrected chi connectivity index (χ1v) is 15.3. The summed E-state index contributed by atoms with van der Waals surface area (Å²) in [6, 6.07) is 5.28. The number of benzene rings is 1. The molecule has 4 aromatic rings. The van der Waals surface area contributed by atoms with Crippen molar-refractivity contribution in [3.63, 3.8) is 0 Å². The molecule has 2 N–H and O–H groups in total. The summed E-state index contributed by atoms with van der Waals surface area (Å²) < 4.78 is 33.4. The number of carbonyl (C=O) groups excluding carboxylic acids is 1. The molecule has 11 nitrogen and oxygen atoms in total. The number of halogens is 1. The lowest BCUT2D eigenvalue weighted by Gasteiger charge is -2.34. The van der Waals surface area contributed by atoms with Gasteiger partial charge in [-0.15, -0.1) is 11.3 Å². The first-order valence-electron chi connectivity index (χ1n) is 12.2. The zero-order valence-corrected chi connectivity index (χ0v) is 24.2. The molecule has 0 bridgehead atoms. The number of aryl methyl sites for hydroxylation is 1. The molecule has 1 aliphatic heterocycles. The van der Waals surface area contributed by atoms with Crippen LogP contribution in [0.5, 0.6) is 0 Å². The van der Waals surface area contributed by atoms with E-state index in [-0.39, 0.29) is 29.0 Å². The second-order valence-electron chi connectivity index (χ2n) is 9.69. The van der Waals surface area contributed by atoms with Crippen LogP contribution in [-0.4, -0.2) is 70.5 Å². The third-order valence-electron chi connectivity index (χ3n) is 6.22. The predicted octanol–water partition coefficient (Wildman–Crippen LogP) is 3.98. The van der Waals surface area contributed by atoms with Gasteiger partial charge in [0.25, 0.3) is 5.91 Å². The summed E-state index contributed by atoms with van der Waals surface area (Å²) in [7, 11) is -1.76. The quantitative estimate of drug-likeness (QED) is 0.310. The molecule has 2 atom stereocenters. The molecule has 0 aliphatic carbocycles. The van der Waals surface area contributed by atoms with E-state index in [2.05, 4.69) is 43.9 Å². The number of aromatic nitrogens is 4.